The number of hydrogen-bond donors (Lipinski definition) is 4. The van der Waals surface area contributed by atoms with Gasteiger partial charge in [0.1, 0.15) is 0 Å². The van der Waals surface area contributed by atoms with Crippen molar-refractivity contribution in [1.29, 1.82) is 0 Å². The highest BCUT2D eigenvalue weighted by atomic mass is 16.3. The van der Waals surface area contributed by atoms with Crippen molar-refractivity contribution in [2.75, 3.05) is 18.8 Å². The van der Waals surface area contributed by atoms with Gasteiger partial charge >= 0.3 is 0 Å². The van der Waals surface area contributed by atoms with Gasteiger partial charge in [-0.15, -0.1) is 0 Å². The monoisotopic (exact) mass is 254 g/mol. The molecule has 2 unspecified atom stereocenters. The number of likely N-dealkylation sites (tertiary alicyclic amines) is 1. The minimum absolute atomic E-state index is 0.107. The molecule has 18 heavy (non-hydrogen) atoms. The number of H-pyrrole nitrogens is 1. The van der Waals surface area contributed by atoms with E-state index < -0.39 is 12.2 Å². The molecule has 1 fully saturated rings. The van der Waals surface area contributed by atoms with Crippen LogP contribution in [-0.2, 0) is 6.42 Å². The summed E-state index contributed by atoms with van der Waals surface area (Å²) >= 11 is 0. The van der Waals surface area contributed by atoms with Crippen LogP contribution in [0.15, 0.2) is 0 Å². The minimum atomic E-state index is -0.899. The van der Waals surface area contributed by atoms with E-state index in [1.54, 1.807) is 0 Å². The van der Waals surface area contributed by atoms with E-state index in [9.17, 15) is 15.0 Å². The number of nitrogens with two attached hydrogens (primary N) is 1. The molecule has 0 radical (unpaired) electrons. The Kier molecular flexibility index (Phi) is 3.53. The number of nitrogens with one attached hydrogen (secondary N) is 1. The first kappa shape index (κ1) is 12.8. The summed E-state index contributed by atoms with van der Waals surface area (Å²) in [6, 6.07) is 0. The van der Waals surface area contributed by atoms with Gasteiger partial charge < -0.3 is 20.8 Å². The molecular formula is C11H18N4O3. The summed E-state index contributed by atoms with van der Waals surface area (Å²) in [6.07, 6.45) is -0.160. The number of hydrogen-bond acceptors (Lipinski definition) is 5. The normalized spacial score (nSPS) is 23.6. The lowest BCUT2D eigenvalue weighted by atomic mass is 10.2. The predicted octanol–water partition coefficient (Wildman–Crippen LogP) is -0.878. The molecule has 5 N–H and O–H groups in total. The second-order valence-corrected chi connectivity index (χ2v) is 4.56. The molecule has 2 heterocycles. The molecule has 1 aromatic heterocycles. The number of aliphatic hydroxyl groups excluding tert-OH is 2. The smallest absolute Gasteiger partial charge is 0.276 e. The molecule has 7 nitrogen and oxygen atoms in total. The molecule has 0 saturated carbocycles. The van der Waals surface area contributed by atoms with Crippen LogP contribution in [0.25, 0.3) is 0 Å². The number of aryl methyl sites for hydroxylation is 1. The van der Waals surface area contributed by atoms with Crippen molar-refractivity contribution in [3.8, 4) is 0 Å². The molecule has 100 valence electrons. The molecule has 1 amide bonds. The summed E-state index contributed by atoms with van der Waals surface area (Å²) in [5, 5.41) is 25.5. The van der Waals surface area contributed by atoms with Crippen molar-refractivity contribution in [2.45, 2.75) is 32.0 Å². The maximum absolute atomic E-state index is 12.1. The highest BCUT2D eigenvalue weighted by molar-refractivity contribution is 5.97. The number of carbonyl (C=O) groups is 1. The summed E-state index contributed by atoms with van der Waals surface area (Å²) in [4.78, 5) is 13.5. The van der Waals surface area contributed by atoms with Gasteiger partial charge in [0, 0.05) is 13.1 Å². The maximum atomic E-state index is 12.1. The number of nitrogen functional groups attached to an aromatic ring is 1. The summed E-state index contributed by atoms with van der Waals surface area (Å²) in [5.41, 5.74) is 7.14. The predicted molar refractivity (Wildman–Crippen MR) is 64.9 cm³/mol. The topological polar surface area (TPSA) is 115 Å². The lowest BCUT2D eigenvalue weighted by Crippen LogP contribution is -2.30. The zero-order chi connectivity index (χ0) is 13.3. The third kappa shape index (κ3) is 2.19. The number of aromatic amines is 1. The number of carbonyl (C=O) groups excluding carboxylic acids is 1. The van der Waals surface area contributed by atoms with Gasteiger partial charge in [-0.3, -0.25) is 9.89 Å². The van der Waals surface area contributed by atoms with Gasteiger partial charge in [-0.05, 0) is 6.42 Å². The summed E-state index contributed by atoms with van der Waals surface area (Å²) in [7, 11) is 0. The van der Waals surface area contributed by atoms with Crippen LogP contribution >= 0.6 is 0 Å². The summed E-state index contributed by atoms with van der Waals surface area (Å²) < 4.78 is 0. The van der Waals surface area contributed by atoms with Crippen LogP contribution in [0.4, 0.5) is 5.69 Å². The Balaban J connectivity index is 2.14. The molecule has 7 heteroatoms. The van der Waals surface area contributed by atoms with Crippen molar-refractivity contribution in [3.63, 3.8) is 0 Å². The molecule has 2 atom stereocenters. The molecule has 0 aliphatic carbocycles. The largest absolute Gasteiger partial charge is 0.395 e. The summed E-state index contributed by atoms with van der Waals surface area (Å²) in [6.45, 7) is 2.22. The van der Waals surface area contributed by atoms with Crippen LogP contribution < -0.4 is 5.73 Å². The molecule has 1 saturated heterocycles. The number of rotatable bonds is 3. The molecule has 1 aliphatic rings. The number of β-amino-alcohol motifs (C(OH)–C–C–N with tert-alkyl or cyclic N) is 2. The van der Waals surface area contributed by atoms with Crippen LogP contribution in [0.2, 0.25) is 0 Å². The van der Waals surface area contributed by atoms with Gasteiger partial charge in [-0.25, -0.2) is 0 Å². The average molecular weight is 254 g/mol. The van der Waals surface area contributed by atoms with E-state index in [1.165, 1.54) is 4.90 Å². The van der Waals surface area contributed by atoms with Crippen molar-refractivity contribution in [3.05, 3.63) is 11.4 Å². The molecular weight excluding hydrogens is 236 g/mol. The Hall–Kier alpha value is -1.60. The highest BCUT2D eigenvalue weighted by Gasteiger charge is 2.34. The quantitative estimate of drug-likeness (QED) is 0.559. The fourth-order valence-electron chi connectivity index (χ4n) is 2.08. The SMILES string of the molecule is CCCc1[nH]nc(C(=O)N2CC(O)C(O)C2)c1N. The Morgan fingerprint density at radius 3 is 2.67 bits per heavy atom. The van der Waals surface area contributed by atoms with Gasteiger partial charge in [0.2, 0.25) is 0 Å². The molecule has 0 bridgehead atoms. The van der Waals surface area contributed by atoms with Crippen molar-refractivity contribution >= 4 is 11.6 Å². The van der Waals surface area contributed by atoms with Crippen LogP contribution in [0.3, 0.4) is 0 Å². The minimum Gasteiger partial charge on any atom is -0.395 e. The van der Waals surface area contributed by atoms with Gasteiger partial charge in [-0.2, -0.15) is 5.10 Å². The Morgan fingerprint density at radius 1 is 1.50 bits per heavy atom. The average Bonchev–Trinajstić information content (AvgIpc) is 2.85. The second-order valence-electron chi connectivity index (χ2n) is 4.56. The first-order valence-electron chi connectivity index (χ1n) is 6.02. The molecule has 2 rings (SSSR count). The molecule has 1 aromatic rings. The first-order valence-corrected chi connectivity index (χ1v) is 6.02. The van der Waals surface area contributed by atoms with E-state index in [1.807, 2.05) is 6.92 Å². The Labute approximate surface area is 105 Å². The number of aliphatic hydroxyl groups is 2. The standard InChI is InChI=1S/C11H18N4O3/c1-2-3-6-9(12)10(14-13-6)11(18)15-4-7(16)8(17)5-15/h7-8,16-17H,2-5,12H2,1H3,(H,13,14). The molecule has 0 aromatic carbocycles. The van der Waals surface area contributed by atoms with Crippen molar-refractivity contribution in [1.82, 2.24) is 15.1 Å². The van der Waals surface area contributed by atoms with Gasteiger partial charge in [0.05, 0.1) is 23.6 Å². The molecule has 1 aliphatic heterocycles. The van der Waals surface area contributed by atoms with E-state index in [0.717, 1.165) is 18.5 Å². The lowest BCUT2D eigenvalue weighted by Gasteiger charge is -2.13. The van der Waals surface area contributed by atoms with Gasteiger partial charge in [0.25, 0.3) is 5.91 Å². The molecule has 0 spiro atoms. The number of anilines is 1. The highest BCUT2D eigenvalue weighted by Crippen LogP contribution is 2.20. The van der Waals surface area contributed by atoms with E-state index in [2.05, 4.69) is 10.2 Å². The van der Waals surface area contributed by atoms with E-state index >= 15 is 0 Å². The third-order valence-electron chi connectivity index (χ3n) is 3.13. The van der Waals surface area contributed by atoms with Crippen molar-refractivity contribution in [2.24, 2.45) is 0 Å². The van der Waals surface area contributed by atoms with Crippen LogP contribution in [0.5, 0.6) is 0 Å². The number of amides is 1. The van der Waals surface area contributed by atoms with E-state index in [4.69, 9.17) is 5.73 Å². The van der Waals surface area contributed by atoms with Crippen LogP contribution in [0, 0.1) is 0 Å². The van der Waals surface area contributed by atoms with Crippen LogP contribution in [-0.4, -0.2) is 56.5 Å². The second kappa shape index (κ2) is 4.95. The maximum Gasteiger partial charge on any atom is 0.276 e. The van der Waals surface area contributed by atoms with E-state index in [0.29, 0.717) is 5.69 Å². The zero-order valence-electron chi connectivity index (χ0n) is 10.3. The fourth-order valence-corrected chi connectivity index (χ4v) is 2.08. The Bertz CT molecular complexity index is 435. The van der Waals surface area contributed by atoms with E-state index in [-0.39, 0.29) is 24.7 Å². The van der Waals surface area contributed by atoms with Crippen molar-refractivity contribution < 1.29 is 15.0 Å². The van der Waals surface area contributed by atoms with Gasteiger partial charge in [-0.1, -0.05) is 13.3 Å². The fraction of sp³-hybridized carbons (Fsp3) is 0.636. The Morgan fingerprint density at radius 2 is 2.11 bits per heavy atom. The third-order valence-corrected chi connectivity index (χ3v) is 3.13. The number of nitrogens with zero attached hydrogens (tertiary/aromatic N) is 2. The van der Waals surface area contributed by atoms with Gasteiger partial charge in [0.15, 0.2) is 5.69 Å². The summed E-state index contributed by atoms with van der Waals surface area (Å²) in [5.74, 6) is -0.360. The zero-order valence-corrected chi connectivity index (χ0v) is 10.3. The van der Waals surface area contributed by atoms with Crippen LogP contribution in [0.1, 0.15) is 29.5 Å². The lowest BCUT2D eigenvalue weighted by molar-refractivity contribution is 0.0572. The number of aromatic nitrogens is 2. The first-order chi connectivity index (χ1) is 8.54.